The summed E-state index contributed by atoms with van der Waals surface area (Å²) in [4.78, 5) is 0. The van der Waals surface area contributed by atoms with E-state index in [0.717, 1.165) is 59.4 Å². The molecule has 0 spiro atoms. The van der Waals surface area contributed by atoms with Crippen molar-refractivity contribution in [2.24, 2.45) is 47.3 Å². The van der Waals surface area contributed by atoms with Crippen LogP contribution in [0.1, 0.15) is 64.2 Å². The highest BCUT2D eigenvalue weighted by molar-refractivity contribution is 5.06. The lowest BCUT2D eigenvalue weighted by Gasteiger charge is -2.59. The van der Waals surface area contributed by atoms with Crippen LogP contribution in [0.5, 0.6) is 0 Å². The highest BCUT2D eigenvalue weighted by Gasteiger charge is 2.52. The van der Waals surface area contributed by atoms with Crippen LogP contribution in [0.15, 0.2) is 0 Å². The van der Waals surface area contributed by atoms with Crippen LogP contribution in [0.2, 0.25) is 0 Å². The Hall–Kier alpha value is -0.0400. The predicted octanol–water partition coefficient (Wildman–Crippen LogP) is 4.23. The molecule has 0 aromatic heterocycles. The lowest BCUT2D eigenvalue weighted by atomic mass is 9.52. The van der Waals surface area contributed by atoms with E-state index in [1.165, 1.54) is 0 Å². The molecule has 21 heavy (non-hydrogen) atoms. The zero-order valence-corrected chi connectivity index (χ0v) is 13.3. The molecule has 8 aliphatic carbocycles. The number of rotatable bonds is 2. The van der Waals surface area contributed by atoms with Crippen LogP contribution in [0, 0.1) is 47.3 Å². The van der Waals surface area contributed by atoms with E-state index < -0.39 is 0 Å². The van der Waals surface area contributed by atoms with Crippen LogP contribution in [0.4, 0.5) is 0 Å². The fourth-order valence-electron chi connectivity index (χ4n) is 8.62. The summed E-state index contributed by atoms with van der Waals surface area (Å²) in [7, 11) is 0. The molecule has 8 bridgehead atoms. The maximum absolute atomic E-state index is 4.34. The van der Waals surface area contributed by atoms with Gasteiger partial charge in [-0.25, -0.2) is 0 Å². The van der Waals surface area contributed by atoms with E-state index in [1.54, 1.807) is 64.2 Å². The molecule has 0 amide bonds. The van der Waals surface area contributed by atoms with Gasteiger partial charge in [0.1, 0.15) is 0 Å². The van der Waals surface area contributed by atoms with Gasteiger partial charge in [0.25, 0.3) is 0 Å². The van der Waals surface area contributed by atoms with Gasteiger partial charge in [0, 0.05) is 12.1 Å². The summed E-state index contributed by atoms with van der Waals surface area (Å²) < 4.78 is 0. The molecule has 1 nitrogen and oxygen atoms in total. The van der Waals surface area contributed by atoms with Crippen LogP contribution in [0.3, 0.4) is 0 Å². The lowest BCUT2D eigenvalue weighted by molar-refractivity contribution is -0.0572. The number of nitrogens with one attached hydrogen (secondary N) is 1. The van der Waals surface area contributed by atoms with Gasteiger partial charge < -0.3 is 5.32 Å². The molecule has 0 atom stereocenters. The van der Waals surface area contributed by atoms with E-state index in [-0.39, 0.29) is 0 Å². The van der Waals surface area contributed by atoms with E-state index in [1.807, 2.05) is 0 Å². The second-order valence-corrected chi connectivity index (χ2v) is 10.1. The van der Waals surface area contributed by atoms with Crippen LogP contribution >= 0.6 is 0 Å². The Labute approximate surface area is 129 Å². The zero-order valence-electron chi connectivity index (χ0n) is 13.3. The molecule has 1 heteroatoms. The van der Waals surface area contributed by atoms with Gasteiger partial charge in [0.2, 0.25) is 0 Å². The Morgan fingerprint density at radius 2 is 0.667 bits per heavy atom. The van der Waals surface area contributed by atoms with Gasteiger partial charge in [-0.3, -0.25) is 0 Å². The molecule has 8 saturated carbocycles. The van der Waals surface area contributed by atoms with Gasteiger partial charge in [0.05, 0.1) is 0 Å². The third kappa shape index (κ3) is 1.79. The van der Waals surface area contributed by atoms with Gasteiger partial charge in [-0.15, -0.1) is 0 Å². The second kappa shape index (κ2) is 4.28. The average molecular weight is 285 g/mol. The van der Waals surface area contributed by atoms with E-state index in [2.05, 4.69) is 5.32 Å². The number of hydrogen-bond donors (Lipinski definition) is 1. The highest BCUT2D eigenvalue weighted by atomic mass is 15.0. The summed E-state index contributed by atoms with van der Waals surface area (Å²) in [5.74, 6) is 8.79. The molecule has 8 aliphatic rings. The fraction of sp³-hybridized carbons (Fsp3) is 1.00. The first kappa shape index (κ1) is 12.4. The van der Waals surface area contributed by atoms with Gasteiger partial charge in [-0.05, 0) is 112 Å². The minimum atomic E-state index is 0.931. The topological polar surface area (TPSA) is 12.0 Å². The normalized spacial score (nSPS) is 63.4. The van der Waals surface area contributed by atoms with Crippen molar-refractivity contribution < 1.29 is 0 Å². The second-order valence-electron chi connectivity index (χ2n) is 10.1. The van der Waals surface area contributed by atoms with Crippen molar-refractivity contribution in [3.63, 3.8) is 0 Å². The van der Waals surface area contributed by atoms with Crippen LogP contribution in [-0.4, -0.2) is 12.1 Å². The van der Waals surface area contributed by atoms with Crippen LogP contribution < -0.4 is 5.32 Å². The van der Waals surface area contributed by atoms with Gasteiger partial charge in [-0.2, -0.15) is 0 Å². The first-order chi connectivity index (χ1) is 10.3. The van der Waals surface area contributed by atoms with Crippen molar-refractivity contribution in [3.05, 3.63) is 0 Å². The SMILES string of the molecule is C1C2CC3CC1CC(C2)C3NC1C2CC3CC(C2)CC1C3. The summed E-state index contributed by atoms with van der Waals surface area (Å²) >= 11 is 0. The summed E-state index contributed by atoms with van der Waals surface area (Å²) in [6.45, 7) is 0. The third-order valence-corrected chi connectivity index (χ3v) is 8.84. The molecule has 0 heterocycles. The Morgan fingerprint density at radius 3 is 0.952 bits per heavy atom. The van der Waals surface area contributed by atoms with E-state index in [0.29, 0.717) is 0 Å². The quantitative estimate of drug-likeness (QED) is 0.801. The maximum Gasteiger partial charge on any atom is 0.0127 e. The molecule has 0 aromatic rings. The summed E-state index contributed by atoms with van der Waals surface area (Å²) in [5, 5.41) is 4.34. The van der Waals surface area contributed by atoms with Crippen LogP contribution in [0.25, 0.3) is 0 Å². The molecule has 116 valence electrons. The number of hydrogen-bond acceptors (Lipinski definition) is 1. The summed E-state index contributed by atoms with van der Waals surface area (Å²) in [6, 6.07) is 1.86. The van der Waals surface area contributed by atoms with E-state index in [4.69, 9.17) is 0 Å². The van der Waals surface area contributed by atoms with Gasteiger partial charge >= 0.3 is 0 Å². The van der Waals surface area contributed by atoms with Crippen molar-refractivity contribution in [1.82, 2.24) is 5.32 Å². The monoisotopic (exact) mass is 285 g/mol. The third-order valence-electron chi connectivity index (χ3n) is 8.84. The minimum absolute atomic E-state index is 0.931. The van der Waals surface area contributed by atoms with E-state index in [9.17, 15) is 0 Å². The van der Waals surface area contributed by atoms with Crippen molar-refractivity contribution in [1.29, 1.82) is 0 Å². The molecule has 8 rings (SSSR count). The summed E-state index contributed by atoms with van der Waals surface area (Å²) in [5.41, 5.74) is 0. The standard InChI is InChI=1S/C20H31N/c1-11-3-15-5-12(1)6-16(4-11)19(15)21-20-17-7-13-2-14(9-17)10-18(20)8-13/h11-21H,1-10H2. The molecular weight excluding hydrogens is 254 g/mol. The van der Waals surface area contributed by atoms with Gasteiger partial charge in [-0.1, -0.05) is 0 Å². The first-order valence-corrected chi connectivity index (χ1v) is 10.1. The van der Waals surface area contributed by atoms with Crippen molar-refractivity contribution >= 4 is 0 Å². The predicted molar refractivity (Wildman–Crippen MR) is 84.8 cm³/mol. The molecule has 1 N–H and O–H groups in total. The molecule has 0 aliphatic heterocycles. The molecule has 8 fully saturated rings. The lowest BCUT2D eigenvalue weighted by Crippen LogP contribution is -2.62. The molecular formula is C20H31N. The average Bonchev–Trinajstić information content (AvgIpc) is 2.43. The Kier molecular flexibility index (Phi) is 2.52. The van der Waals surface area contributed by atoms with Crippen LogP contribution in [-0.2, 0) is 0 Å². The van der Waals surface area contributed by atoms with Crippen molar-refractivity contribution in [2.75, 3.05) is 0 Å². The molecule has 0 aromatic carbocycles. The fourth-order valence-corrected chi connectivity index (χ4v) is 8.62. The Balaban J connectivity index is 1.23. The maximum atomic E-state index is 4.34. The van der Waals surface area contributed by atoms with Gasteiger partial charge in [0.15, 0.2) is 0 Å². The molecule has 0 unspecified atom stereocenters. The van der Waals surface area contributed by atoms with Crippen molar-refractivity contribution in [3.8, 4) is 0 Å². The highest BCUT2D eigenvalue weighted by Crippen LogP contribution is 2.57. The molecule has 0 radical (unpaired) electrons. The Bertz CT molecular complexity index is 345. The zero-order chi connectivity index (χ0) is 13.6. The first-order valence-electron chi connectivity index (χ1n) is 10.1. The van der Waals surface area contributed by atoms with Crippen molar-refractivity contribution in [2.45, 2.75) is 76.3 Å². The van der Waals surface area contributed by atoms with E-state index >= 15 is 0 Å². The summed E-state index contributed by atoms with van der Waals surface area (Å²) in [6.07, 6.45) is 15.8. The largest absolute Gasteiger partial charge is 0.310 e. The Morgan fingerprint density at radius 1 is 0.381 bits per heavy atom. The smallest absolute Gasteiger partial charge is 0.0127 e. The molecule has 0 saturated heterocycles. The minimum Gasteiger partial charge on any atom is -0.310 e.